The smallest absolute Gasteiger partial charge is 0.274 e. The molecule has 1 amide bonds. The number of nitrogens with zero attached hydrogens (tertiary/aromatic N) is 3. The van der Waals surface area contributed by atoms with Crippen LogP contribution in [0.3, 0.4) is 0 Å². The molecule has 0 spiro atoms. The van der Waals surface area contributed by atoms with E-state index in [1.165, 1.54) is 6.42 Å². The van der Waals surface area contributed by atoms with E-state index in [0.29, 0.717) is 5.69 Å². The number of aromatic amines is 1. The van der Waals surface area contributed by atoms with Gasteiger partial charge in [-0.05, 0) is 44.2 Å². The number of hydrogen-bond donors (Lipinski definition) is 2. The number of carbonyl (C=O) groups excluding carboxylic acids is 1. The molecule has 23 heavy (non-hydrogen) atoms. The average molecular weight is 311 g/mol. The molecular weight excluding hydrogens is 290 g/mol. The molecule has 2 N–H and O–H groups in total. The van der Waals surface area contributed by atoms with E-state index in [1.807, 2.05) is 23.2 Å². The van der Waals surface area contributed by atoms with Crippen molar-refractivity contribution in [2.75, 3.05) is 18.4 Å². The van der Waals surface area contributed by atoms with Crippen LogP contribution < -0.4 is 5.32 Å². The zero-order valence-electron chi connectivity index (χ0n) is 13.1. The van der Waals surface area contributed by atoms with E-state index >= 15 is 0 Å². The molecule has 6 heteroatoms. The van der Waals surface area contributed by atoms with Gasteiger partial charge in [-0.25, -0.2) is 0 Å². The summed E-state index contributed by atoms with van der Waals surface area (Å²) in [4.78, 5) is 18.8. The topological polar surface area (TPSA) is 73.9 Å². The first-order chi connectivity index (χ1) is 11.3. The lowest BCUT2D eigenvalue weighted by atomic mass is 9.95. The lowest BCUT2D eigenvalue weighted by molar-refractivity contribution is 0.0784. The third-order valence-corrected chi connectivity index (χ3v) is 4.77. The van der Waals surface area contributed by atoms with E-state index < -0.39 is 0 Å². The Morgan fingerprint density at radius 3 is 3.13 bits per heavy atom. The van der Waals surface area contributed by atoms with Crippen LogP contribution in [0.25, 0.3) is 0 Å². The van der Waals surface area contributed by atoms with Crippen molar-refractivity contribution in [1.82, 2.24) is 20.1 Å². The van der Waals surface area contributed by atoms with E-state index in [-0.39, 0.29) is 11.9 Å². The van der Waals surface area contributed by atoms with Gasteiger partial charge in [-0.3, -0.25) is 14.9 Å². The second-order valence-electron chi connectivity index (χ2n) is 6.36. The van der Waals surface area contributed by atoms with E-state index in [2.05, 4.69) is 20.5 Å². The predicted octanol–water partition coefficient (Wildman–Crippen LogP) is 2.01. The third-order valence-electron chi connectivity index (χ3n) is 4.77. The average Bonchev–Trinajstić information content (AvgIpc) is 3.22. The van der Waals surface area contributed by atoms with Gasteiger partial charge in [-0.15, -0.1) is 0 Å². The molecule has 1 fully saturated rings. The van der Waals surface area contributed by atoms with E-state index in [4.69, 9.17) is 0 Å². The van der Waals surface area contributed by atoms with Crippen molar-refractivity contribution in [2.45, 2.75) is 38.1 Å². The normalized spacial score (nSPS) is 20.3. The van der Waals surface area contributed by atoms with Crippen molar-refractivity contribution in [2.24, 2.45) is 0 Å². The number of hydrogen-bond acceptors (Lipinski definition) is 4. The minimum Gasteiger partial charge on any atom is -0.379 e. The van der Waals surface area contributed by atoms with Gasteiger partial charge in [-0.2, -0.15) is 5.10 Å². The summed E-state index contributed by atoms with van der Waals surface area (Å²) in [5.74, 6) is 0.0693. The van der Waals surface area contributed by atoms with E-state index in [1.54, 1.807) is 6.20 Å². The molecule has 0 aromatic carbocycles. The summed E-state index contributed by atoms with van der Waals surface area (Å²) in [6.07, 6.45) is 8.85. The molecule has 0 saturated carbocycles. The Morgan fingerprint density at radius 2 is 2.26 bits per heavy atom. The first-order valence-electron chi connectivity index (χ1n) is 8.33. The number of amides is 1. The number of likely N-dealkylation sites (tertiary alicyclic amines) is 1. The third kappa shape index (κ3) is 2.81. The largest absolute Gasteiger partial charge is 0.379 e. The summed E-state index contributed by atoms with van der Waals surface area (Å²) in [6, 6.07) is 4.19. The van der Waals surface area contributed by atoms with Crippen LogP contribution in [0.5, 0.6) is 0 Å². The highest BCUT2D eigenvalue weighted by Crippen LogP contribution is 2.24. The summed E-state index contributed by atoms with van der Waals surface area (Å²) in [7, 11) is 0. The van der Waals surface area contributed by atoms with Crippen molar-refractivity contribution in [3.8, 4) is 0 Å². The molecule has 1 atom stereocenters. The minimum absolute atomic E-state index is 0.0693. The van der Waals surface area contributed by atoms with Crippen LogP contribution in [-0.4, -0.2) is 45.1 Å². The van der Waals surface area contributed by atoms with Gasteiger partial charge in [0.1, 0.15) is 0 Å². The zero-order valence-corrected chi connectivity index (χ0v) is 13.1. The lowest BCUT2D eigenvalue weighted by Crippen LogP contribution is -2.32. The molecule has 1 aliphatic heterocycles. The molecule has 1 aliphatic carbocycles. The highest BCUT2D eigenvalue weighted by Gasteiger charge is 2.30. The maximum atomic E-state index is 12.8. The second-order valence-corrected chi connectivity index (χ2v) is 6.36. The fourth-order valence-electron chi connectivity index (χ4n) is 3.55. The van der Waals surface area contributed by atoms with Gasteiger partial charge in [-0.1, -0.05) is 0 Å². The van der Waals surface area contributed by atoms with Crippen LogP contribution in [0, 0.1) is 0 Å². The Kier molecular flexibility index (Phi) is 3.73. The molecule has 2 aromatic heterocycles. The Labute approximate surface area is 135 Å². The van der Waals surface area contributed by atoms with Crippen molar-refractivity contribution in [3.05, 3.63) is 41.5 Å². The second kappa shape index (κ2) is 6.02. The number of fused-ring (bicyclic) bond motifs is 1. The first-order valence-corrected chi connectivity index (χ1v) is 8.33. The van der Waals surface area contributed by atoms with E-state index in [9.17, 15) is 4.79 Å². The predicted molar refractivity (Wildman–Crippen MR) is 87.4 cm³/mol. The van der Waals surface area contributed by atoms with Gasteiger partial charge in [0, 0.05) is 42.8 Å². The number of pyridine rings is 1. The van der Waals surface area contributed by atoms with Crippen molar-refractivity contribution >= 4 is 11.6 Å². The van der Waals surface area contributed by atoms with Crippen LogP contribution in [-0.2, 0) is 12.8 Å². The van der Waals surface area contributed by atoms with Gasteiger partial charge in [0.05, 0.1) is 5.69 Å². The van der Waals surface area contributed by atoms with Crippen molar-refractivity contribution in [1.29, 1.82) is 0 Å². The number of H-pyrrole nitrogens is 1. The molecule has 4 rings (SSSR count). The van der Waals surface area contributed by atoms with Gasteiger partial charge in [0.15, 0.2) is 5.69 Å². The monoisotopic (exact) mass is 311 g/mol. The number of nitrogens with one attached hydrogen (secondary N) is 2. The Morgan fingerprint density at radius 1 is 1.35 bits per heavy atom. The van der Waals surface area contributed by atoms with Crippen molar-refractivity contribution in [3.63, 3.8) is 0 Å². The summed E-state index contributed by atoms with van der Waals surface area (Å²) >= 11 is 0. The van der Waals surface area contributed by atoms with E-state index in [0.717, 1.165) is 55.7 Å². The molecule has 0 bridgehead atoms. The highest BCUT2D eigenvalue weighted by molar-refractivity contribution is 5.94. The molecule has 0 radical (unpaired) electrons. The Hall–Kier alpha value is -2.37. The number of anilines is 1. The molecule has 3 heterocycles. The Balaban J connectivity index is 1.43. The van der Waals surface area contributed by atoms with Crippen LogP contribution in [0.2, 0.25) is 0 Å². The lowest BCUT2D eigenvalue weighted by Gasteiger charge is -2.18. The molecule has 2 aromatic rings. The molecule has 1 saturated heterocycles. The number of carbonyl (C=O) groups is 1. The molecule has 120 valence electrons. The number of aryl methyl sites for hydroxylation is 1. The van der Waals surface area contributed by atoms with Gasteiger partial charge in [0.25, 0.3) is 5.91 Å². The number of rotatable bonds is 3. The number of aromatic nitrogens is 3. The fourth-order valence-corrected chi connectivity index (χ4v) is 3.55. The summed E-state index contributed by atoms with van der Waals surface area (Å²) < 4.78 is 0. The standard InChI is InChI=1S/C17H21N5O/c23-17(16-14-5-1-2-6-15(14)20-21-16)22-9-7-13(11-22)19-12-4-3-8-18-10-12/h3-4,8,10,13,19H,1-2,5-7,9,11H2,(H,20,21). The van der Waals surface area contributed by atoms with Crippen LogP contribution in [0.15, 0.2) is 24.5 Å². The van der Waals surface area contributed by atoms with Gasteiger partial charge in [0.2, 0.25) is 0 Å². The summed E-state index contributed by atoms with van der Waals surface area (Å²) in [5, 5.41) is 10.8. The Bertz CT molecular complexity index is 696. The SMILES string of the molecule is O=C(c1n[nH]c2c1CCCC2)N1CCC(Nc2cccnc2)C1. The molecule has 1 unspecified atom stereocenters. The first kappa shape index (κ1) is 14.2. The van der Waals surface area contributed by atoms with Gasteiger partial charge >= 0.3 is 0 Å². The van der Waals surface area contributed by atoms with Crippen molar-refractivity contribution < 1.29 is 4.79 Å². The molecule has 2 aliphatic rings. The fraction of sp³-hybridized carbons (Fsp3) is 0.471. The summed E-state index contributed by atoms with van der Waals surface area (Å²) in [6.45, 7) is 1.49. The highest BCUT2D eigenvalue weighted by atomic mass is 16.2. The maximum Gasteiger partial charge on any atom is 0.274 e. The van der Waals surface area contributed by atoms with Crippen LogP contribution >= 0.6 is 0 Å². The minimum atomic E-state index is 0.0693. The maximum absolute atomic E-state index is 12.8. The molecule has 6 nitrogen and oxygen atoms in total. The zero-order chi connectivity index (χ0) is 15.6. The molecular formula is C17H21N5O. The summed E-state index contributed by atoms with van der Waals surface area (Å²) in [5.41, 5.74) is 3.94. The van der Waals surface area contributed by atoms with Crippen LogP contribution in [0.1, 0.15) is 41.0 Å². The van der Waals surface area contributed by atoms with Gasteiger partial charge < -0.3 is 10.2 Å². The van der Waals surface area contributed by atoms with Crippen LogP contribution in [0.4, 0.5) is 5.69 Å². The quantitative estimate of drug-likeness (QED) is 0.909.